The normalized spacial score (nSPS) is 22.2. The van der Waals surface area contributed by atoms with Gasteiger partial charge in [-0.3, -0.25) is 19.4 Å². The highest BCUT2D eigenvalue weighted by atomic mass is 19.4. The van der Waals surface area contributed by atoms with Crippen LogP contribution in [0.1, 0.15) is 32.1 Å². The van der Waals surface area contributed by atoms with Gasteiger partial charge in [0, 0.05) is 0 Å². The van der Waals surface area contributed by atoms with Crippen LogP contribution in [0.15, 0.2) is 24.3 Å². The fourth-order valence-corrected chi connectivity index (χ4v) is 3.56. The van der Waals surface area contributed by atoms with Crippen molar-refractivity contribution in [3.8, 4) is 0 Å². The van der Waals surface area contributed by atoms with Gasteiger partial charge in [0.25, 0.3) is 0 Å². The topological polar surface area (TPSA) is 52.7 Å². The van der Waals surface area contributed by atoms with E-state index in [4.69, 9.17) is 0 Å². The summed E-state index contributed by atoms with van der Waals surface area (Å²) >= 11 is 0. The molecule has 0 unspecified atom stereocenters. The molecular weight excluding hydrogens is 347 g/mol. The quantitative estimate of drug-likeness (QED) is 0.871. The van der Waals surface area contributed by atoms with Crippen LogP contribution < -0.4 is 10.2 Å². The Labute approximate surface area is 150 Å². The minimum Gasteiger partial charge on any atom is -0.324 e. The van der Waals surface area contributed by atoms with Gasteiger partial charge in [0.1, 0.15) is 6.04 Å². The molecule has 0 saturated carbocycles. The summed E-state index contributed by atoms with van der Waals surface area (Å²) in [6, 6.07) is 3.98. The van der Waals surface area contributed by atoms with Gasteiger partial charge >= 0.3 is 6.18 Å². The van der Waals surface area contributed by atoms with E-state index < -0.39 is 30.5 Å². The molecule has 0 aliphatic carbocycles. The van der Waals surface area contributed by atoms with Crippen molar-refractivity contribution < 1.29 is 22.8 Å². The molecule has 0 aromatic heterocycles. The number of alkyl halides is 3. The molecule has 0 bridgehead atoms. The molecule has 1 N–H and O–H groups in total. The van der Waals surface area contributed by atoms with Gasteiger partial charge in [0.05, 0.1) is 24.3 Å². The Morgan fingerprint density at radius 1 is 1.12 bits per heavy atom. The minimum atomic E-state index is -4.69. The monoisotopic (exact) mass is 369 g/mol. The van der Waals surface area contributed by atoms with Crippen molar-refractivity contribution >= 4 is 23.2 Å². The molecule has 2 amide bonds. The zero-order valence-electron chi connectivity index (χ0n) is 14.4. The summed E-state index contributed by atoms with van der Waals surface area (Å²) in [5.41, 5.74) is 0.328. The maximum Gasteiger partial charge on any atom is 0.409 e. The van der Waals surface area contributed by atoms with Gasteiger partial charge < -0.3 is 5.32 Å². The lowest BCUT2D eigenvalue weighted by Crippen LogP contribution is -2.52. The van der Waals surface area contributed by atoms with Crippen molar-refractivity contribution in [1.82, 2.24) is 4.90 Å². The predicted octanol–water partition coefficient (Wildman–Crippen LogP) is 3.17. The molecule has 2 aliphatic heterocycles. The first kappa shape index (κ1) is 18.7. The van der Waals surface area contributed by atoms with E-state index in [0.29, 0.717) is 13.1 Å². The maximum absolute atomic E-state index is 13.7. The molecule has 1 aromatic rings. The van der Waals surface area contributed by atoms with Crippen molar-refractivity contribution in [3.05, 3.63) is 24.3 Å². The third-order valence-corrected chi connectivity index (χ3v) is 4.83. The first-order chi connectivity index (χ1) is 12.4. The van der Waals surface area contributed by atoms with Gasteiger partial charge in [0.2, 0.25) is 11.8 Å². The summed E-state index contributed by atoms with van der Waals surface area (Å²) in [6.07, 6.45) is -1.48. The van der Waals surface area contributed by atoms with Gasteiger partial charge in [0.15, 0.2) is 0 Å². The number of fused-ring (bicyclic) bond motifs is 1. The van der Waals surface area contributed by atoms with E-state index in [-0.39, 0.29) is 17.9 Å². The third-order valence-electron chi connectivity index (χ3n) is 4.83. The Bertz CT molecular complexity index is 670. The van der Waals surface area contributed by atoms with Gasteiger partial charge in [-0.2, -0.15) is 13.2 Å². The number of benzene rings is 1. The fourth-order valence-electron chi connectivity index (χ4n) is 3.56. The highest BCUT2D eigenvalue weighted by molar-refractivity contribution is 6.05. The molecule has 0 spiro atoms. The highest BCUT2D eigenvalue weighted by Gasteiger charge is 2.49. The summed E-state index contributed by atoms with van der Waals surface area (Å²) < 4.78 is 41.0. The van der Waals surface area contributed by atoms with Crippen molar-refractivity contribution in [2.75, 3.05) is 29.9 Å². The number of carbonyl (C=O) groups is 2. The molecule has 5 nitrogen and oxygen atoms in total. The SMILES string of the molecule is O=C1C[C@@H](C(F)(F)F)N(C(=O)CN2CCCCCC2)c2ccccc2N1. The molecule has 1 aromatic carbocycles. The molecule has 3 rings (SSSR count). The van der Waals surface area contributed by atoms with E-state index >= 15 is 0 Å². The minimum absolute atomic E-state index is 0.0743. The molecule has 26 heavy (non-hydrogen) atoms. The number of para-hydroxylation sites is 2. The van der Waals surface area contributed by atoms with Crippen molar-refractivity contribution in [3.63, 3.8) is 0 Å². The largest absolute Gasteiger partial charge is 0.409 e. The number of hydrogen-bond donors (Lipinski definition) is 1. The average Bonchev–Trinajstić information content (AvgIpc) is 2.90. The van der Waals surface area contributed by atoms with Gasteiger partial charge in [-0.05, 0) is 38.1 Å². The van der Waals surface area contributed by atoms with E-state index in [2.05, 4.69) is 5.32 Å². The standard InChI is InChI=1S/C18H22F3N3O2/c19-18(20,21)15-11-16(25)22-13-7-3-4-8-14(13)24(15)17(26)12-23-9-5-1-2-6-10-23/h3-4,7-8,15H,1-2,5-6,9-12H2,(H,22,25)/t15-/m0/s1. The van der Waals surface area contributed by atoms with E-state index in [1.165, 1.54) is 12.1 Å². The van der Waals surface area contributed by atoms with Crippen molar-refractivity contribution in [2.24, 2.45) is 0 Å². The van der Waals surface area contributed by atoms with E-state index in [0.717, 1.165) is 30.6 Å². The number of nitrogens with one attached hydrogen (secondary N) is 1. The Morgan fingerprint density at radius 2 is 1.77 bits per heavy atom. The number of amides is 2. The smallest absolute Gasteiger partial charge is 0.324 e. The van der Waals surface area contributed by atoms with Crippen LogP contribution in [-0.4, -0.2) is 48.6 Å². The number of likely N-dealkylation sites (tertiary alicyclic amines) is 1. The zero-order chi connectivity index (χ0) is 18.7. The first-order valence-electron chi connectivity index (χ1n) is 8.86. The lowest BCUT2D eigenvalue weighted by molar-refractivity contribution is -0.158. The molecule has 0 radical (unpaired) electrons. The van der Waals surface area contributed by atoms with Crippen LogP contribution in [0.4, 0.5) is 24.5 Å². The summed E-state index contributed by atoms with van der Waals surface area (Å²) in [5, 5.41) is 2.48. The second-order valence-electron chi connectivity index (χ2n) is 6.78. The molecule has 1 saturated heterocycles. The molecule has 142 valence electrons. The van der Waals surface area contributed by atoms with Gasteiger partial charge in [-0.15, -0.1) is 0 Å². The second kappa shape index (κ2) is 7.65. The fraction of sp³-hybridized carbons (Fsp3) is 0.556. The number of nitrogens with zero attached hydrogens (tertiary/aromatic N) is 2. The van der Waals surface area contributed by atoms with E-state index in [1.54, 1.807) is 12.1 Å². The number of anilines is 2. The van der Waals surface area contributed by atoms with E-state index in [1.807, 2.05) is 4.90 Å². The molecule has 2 heterocycles. The lowest BCUT2D eigenvalue weighted by Gasteiger charge is -2.33. The summed E-state index contributed by atoms with van der Waals surface area (Å²) in [7, 11) is 0. The van der Waals surface area contributed by atoms with Crippen LogP contribution in [0.3, 0.4) is 0 Å². The number of rotatable bonds is 2. The predicted molar refractivity (Wildman–Crippen MR) is 91.9 cm³/mol. The Morgan fingerprint density at radius 3 is 2.42 bits per heavy atom. The second-order valence-corrected chi connectivity index (χ2v) is 6.78. The summed E-state index contributed by atoms with van der Waals surface area (Å²) in [4.78, 5) is 27.5. The summed E-state index contributed by atoms with van der Waals surface area (Å²) in [5.74, 6) is -1.37. The number of carbonyl (C=O) groups excluding carboxylic acids is 2. The first-order valence-corrected chi connectivity index (χ1v) is 8.86. The van der Waals surface area contributed by atoms with Gasteiger partial charge in [-0.1, -0.05) is 25.0 Å². The van der Waals surface area contributed by atoms with Crippen LogP contribution in [0.2, 0.25) is 0 Å². The Balaban J connectivity index is 1.93. The molecule has 8 heteroatoms. The third kappa shape index (κ3) is 4.17. The Kier molecular flexibility index (Phi) is 5.50. The van der Waals surface area contributed by atoms with E-state index in [9.17, 15) is 22.8 Å². The lowest BCUT2D eigenvalue weighted by atomic mass is 10.1. The molecule has 2 aliphatic rings. The van der Waals surface area contributed by atoms with Crippen molar-refractivity contribution in [2.45, 2.75) is 44.3 Å². The number of halogens is 3. The molecule has 1 atom stereocenters. The van der Waals surface area contributed by atoms with Crippen LogP contribution >= 0.6 is 0 Å². The van der Waals surface area contributed by atoms with Crippen LogP contribution in [-0.2, 0) is 9.59 Å². The van der Waals surface area contributed by atoms with Crippen LogP contribution in [0.5, 0.6) is 0 Å². The van der Waals surface area contributed by atoms with Crippen molar-refractivity contribution in [1.29, 1.82) is 0 Å². The Hall–Kier alpha value is -2.09. The number of hydrogen-bond acceptors (Lipinski definition) is 3. The average molecular weight is 369 g/mol. The summed E-state index contributed by atoms with van der Waals surface area (Å²) in [6.45, 7) is 1.33. The molecule has 1 fully saturated rings. The van der Waals surface area contributed by atoms with Crippen LogP contribution in [0, 0.1) is 0 Å². The maximum atomic E-state index is 13.7. The van der Waals surface area contributed by atoms with Gasteiger partial charge in [-0.25, -0.2) is 0 Å². The molecular formula is C18H22F3N3O2. The van der Waals surface area contributed by atoms with Crippen LogP contribution in [0.25, 0.3) is 0 Å². The zero-order valence-corrected chi connectivity index (χ0v) is 14.4. The highest BCUT2D eigenvalue weighted by Crippen LogP contribution is 2.37.